The third-order valence-corrected chi connectivity index (χ3v) is 3.45. The molecule has 3 nitrogen and oxygen atoms in total. The zero-order valence-corrected chi connectivity index (χ0v) is 12.1. The van der Waals surface area contributed by atoms with E-state index in [4.69, 9.17) is 5.73 Å². The van der Waals surface area contributed by atoms with Gasteiger partial charge in [-0.05, 0) is 42.8 Å². The molecule has 98 valence electrons. The Morgan fingerprint density at radius 1 is 1.16 bits per heavy atom. The summed E-state index contributed by atoms with van der Waals surface area (Å²) in [6.07, 6.45) is 0. The molecule has 4 heteroatoms. The van der Waals surface area contributed by atoms with Crippen LogP contribution in [0.3, 0.4) is 0 Å². The zero-order chi connectivity index (χ0) is 13.8. The summed E-state index contributed by atoms with van der Waals surface area (Å²) in [6, 6.07) is 14.7. The molecule has 2 aromatic rings. The number of nitrogens with two attached hydrogens (primary N) is 1. The second-order valence-electron chi connectivity index (χ2n) is 4.33. The smallest absolute Gasteiger partial charge is 0.251 e. The van der Waals surface area contributed by atoms with E-state index in [2.05, 4.69) is 21.2 Å². The van der Waals surface area contributed by atoms with Crippen molar-refractivity contribution in [3.63, 3.8) is 0 Å². The number of nitrogen functional groups attached to an aromatic ring is 1. The lowest BCUT2D eigenvalue weighted by Crippen LogP contribution is -2.27. The van der Waals surface area contributed by atoms with Gasteiger partial charge in [-0.15, -0.1) is 0 Å². The van der Waals surface area contributed by atoms with Gasteiger partial charge in [-0.1, -0.05) is 34.1 Å². The lowest BCUT2D eigenvalue weighted by Gasteiger charge is -2.16. The molecule has 0 heterocycles. The fourth-order valence-electron chi connectivity index (χ4n) is 1.86. The molecule has 0 saturated carbocycles. The van der Waals surface area contributed by atoms with E-state index in [9.17, 15) is 4.79 Å². The van der Waals surface area contributed by atoms with Crippen molar-refractivity contribution >= 4 is 27.5 Å². The predicted octanol–water partition coefficient (Wildman–Crippen LogP) is 3.52. The van der Waals surface area contributed by atoms with Gasteiger partial charge in [0, 0.05) is 15.7 Å². The van der Waals surface area contributed by atoms with Gasteiger partial charge >= 0.3 is 0 Å². The van der Waals surface area contributed by atoms with Crippen molar-refractivity contribution < 1.29 is 4.79 Å². The molecule has 1 atom stereocenters. The van der Waals surface area contributed by atoms with Gasteiger partial charge in [0.25, 0.3) is 5.91 Å². The summed E-state index contributed by atoms with van der Waals surface area (Å²) in [5.41, 5.74) is 8.14. The van der Waals surface area contributed by atoms with Crippen LogP contribution in [0.2, 0.25) is 0 Å². The quantitative estimate of drug-likeness (QED) is 0.851. The molecule has 1 amide bonds. The Morgan fingerprint density at radius 3 is 2.42 bits per heavy atom. The molecule has 0 radical (unpaired) electrons. The van der Waals surface area contributed by atoms with Crippen LogP contribution in [-0.4, -0.2) is 5.91 Å². The van der Waals surface area contributed by atoms with Crippen molar-refractivity contribution in [1.82, 2.24) is 5.32 Å². The molecule has 0 saturated heterocycles. The van der Waals surface area contributed by atoms with Crippen molar-refractivity contribution in [2.75, 3.05) is 5.73 Å². The van der Waals surface area contributed by atoms with Crippen molar-refractivity contribution in [2.45, 2.75) is 13.0 Å². The van der Waals surface area contributed by atoms with Gasteiger partial charge in [0.05, 0.1) is 6.04 Å². The van der Waals surface area contributed by atoms with Crippen LogP contribution >= 0.6 is 15.9 Å². The molecule has 0 aromatic heterocycles. The number of hydrogen-bond acceptors (Lipinski definition) is 2. The van der Waals surface area contributed by atoms with Crippen LogP contribution < -0.4 is 11.1 Å². The standard InChI is InChI=1S/C15H15BrN2O/c1-10(13-4-2-3-5-14(13)17)18-15(19)11-6-8-12(16)9-7-11/h2-10H,17H2,1H3,(H,18,19). The average molecular weight is 319 g/mol. The number of benzene rings is 2. The number of hydrogen-bond donors (Lipinski definition) is 2. The van der Waals surface area contributed by atoms with Gasteiger partial charge in [0.1, 0.15) is 0 Å². The summed E-state index contributed by atoms with van der Waals surface area (Å²) in [6.45, 7) is 1.92. The summed E-state index contributed by atoms with van der Waals surface area (Å²) in [4.78, 5) is 12.1. The predicted molar refractivity (Wildman–Crippen MR) is 80.9 cm³/mol. The van der Waals surface area contributed by atoms with E-state index >= 15 is 0 Å². The summed E-state index contributed by atoms with van der Waals surface area (Å²) < 4.78 is 0.949. The van der Waals surface area contributed by atoms with E-state index < -0.39 is 0 Å². The fraction of sp³-hybridized carbons (Fsp3) is 0.133. The molecule has 2 rings (SSSR count). The zero-order valence-electron chi connectivity index (χ0n) is 10.6. The largest absolute Gasteiger partial charge is 0.398 e. The van der Waals surface area contributed by atoms with E-state index in [1.165, 1.54) is 0 Å². The third kappa shape index (κ3) is 3.35. The lowest BCUT2D eigenvalue weighted by molar-refractivity contribution is 0.0940. The molecule has 1 unspecified atom stereocenters. The number of rotatable bonds is 3. The Kier molecular flexibility index (Phi) is 4.22. The van der Waals surface area contributed by atoms with Crippen LogP contribution in [0.1, 0.15) is 28.9 Å². The highest BCUT2D eigenvalue weighted by Gasteiger charge is 2.12. The maximum Gasteiger partial charge on any atom is 0.251 e. The minimum atomic E-state index is -0.127. The summed E-state index contributed by atoms with van der Waals surface area (Å²) in [5, 5.41) is 2.94. The number of nitrogens with one attached hydrogen (secondary N) is 1. The number of para-hydroxylation sites is 1. The van der Waals surface area contributed by atoms with Gasteiger partial charge in [-0.2, -0.15) is 0 Å². The third-order valence-electron chi connectivity index (χ3n) is 2.92. The molecule has 0 aliphatic carbocycles. The second-order valence-corrected chi connectivity index (χ2v) is 5.25. The van der Waals surface area contributed by atoms with E-state index in [1.54, 1.807) is 12.1 Å². The molecule has 0 spiro atoms. The van der Waals surface area contributed by atoms with E-state index in [1.807, 2.05) is 43.3 Å². The van der Waals surface area contributed by atoms with E-state index in [-0.39, 0.29) is 11.9 Å². The van der Waals surface area contributed by atoms with E-state index in [0.29, 0.717) is 11.3 Å². The van der Waals surface area contributed by atoms with Gasteiger partial charge in [0.2, 0.25) is 0 Å². The van der Waals surface area contributed by atoms with Crippen LogP contribution in [-0.2, 0) is 0 Å². The number of anilines is 1. The molecule has 0 bridgehead atoms. The highest BCUT2D eigenvalue weighted by molar-refractivity contribution is 9.10. The van der Waals surface area contributed by atoms with Crippen LogP contribution in [0.4, 0.5) is 5.69 Å². The lowest BCUT2D eigenvalue weighted by atomic mass is 10.1. The van der Waals surface area contributed by atoms with Crippen molar-refractivity contribution in [3.8, 4) is 0 Å². The van der Waals surface area contributed by atoms with Gasteiger partial charge < -0.3 is 11.1 Å². The topological polar surface area (TPSA) is 55.1 Å². The highest BCUT2D eigenvalue weighted by atomic mass is 79.9. The molecular formula is C15H15BrN2O. The molecule has 0 fully saturated rings. The number of carbonyl (C=O) groups excluding carboxylic acids is 1. The van der Waals surface area contributed by atoms with Gasteiger partial charge in [-0.25, -0.2) is 0 Å². The Bertz CT molecular complexity index is 581. The molecule has 0 aliphatic heterocycles. The maximum absolute atomic E-state index is 12.1. The van der Waals surface area contributed by atoms with Crippen LogP contribution in [0.5, 0.6) is 0 Å². The Labute approximate surface area is 121 Å². The molecule has 2 aromatic carbocycles. The monoisotopic (exact) mass is 318 g/mol. The molecule has 19 heavy (non-hydrogen) atoms. The maximum atomic E-state index is 12.1. The number of carbonyl (C=O) groups is 1. The van der Waals surface area contributed by atoms with Gasteiger partial charge in [0.15, 0.2) is 0 Å². The Hall–Kier alpha value is -1.81. The van der Waals surface area contributed by atoms with Gasteiger partial charge in [-0.3, -0.25) is 4.79 Å². The minimum Gasteiger partial charge on any atom is -0.398 e. The average Bonchev–Trinajstić information content (AvgIpc) is 2.39. The van der Waals surface area contributed by atoms with Crippen LogP contribution in [0.15, 0.2) is 53.0 Å². The minimum absolute atomic E-state index is 0.108. The van der Waals surface area contributed by atoms with Crippen molar-refractivity contribution in [1.29, 1.82) is 0 Å². The summed E-state index contributed by atoms with van der Waals surface area (Å²) in [7, 11) is 0. The second kappa shape index (κ2) is 5.89. The molecule has 3 N–H and O–H groups in total. The SMILES string of the molecule is CC(NC(=O)c1ccc(Br)cc1)c1ccccc1N. The van der Waals surface area contributed by atoms with Crippen LogP contribution in [0.25, 0.3) is 0 Å². The Balaban J connectivity index is 2.11. The molecule has 0 aliphatic rings. The first-order valence-corrected chi connectivity index (χ1v) is 6.78. The first kappa shape index (κ1) is 13.6. The highest BCUT2D eigenvalue weighted by Crippen LogP contribution is 2.20. The van der Waals surface area contributed by atoms with Crippen molar-refractivity contribution in [3.05, 3.63) is 64.1 Å². The van der Waals surface area contributed by atoms with Crippen molar-refractivity contribution in [2.24, 2.45) is 0 Å². The number of halogens is 1. The Morgan fingerprint density at radius 2 is 1.79 bits per heavy atom. The number of amides is 1. The fourth-order valence-corrected chi connectivity index (χ4v) is 2.13. The van der Waals surface area contributed by atoms with Crippen LogP contribution in [0, 0.1) is 0 Å². The summed E-state index contributed by atoms with van der Waals surface area (Å²) in [5.74, 6) is -0.108. The first-order valence-electron chi connectivity index (χ1n) is 5.99. The first-order chi connectivity index (χ1) is 9.08. The van der Waals surface area contributed by atoms with E-state index in [0.717, 1.165) is 10.0 Å². The normalized spacial score (nSPS) is 11.9. The molecular weight excluding hydrogens is 304 g/mol. The summed E-state index contributed by atoms with van der Waals surface area (Å²) >= 11 is 3.34.